The van der Waals surface area contributed by atoms with Crippen LogP contribution in [0.5, 0.6) is 0 Å². The quantitative estimate of drug-likeness (QED) is 0.660. The first-order chi connectivity index (χ1) is 8.70. The molecule has 0 saturated heterocycles. The summed E-state index contributed by atoms with van der Waals surface area (Å²) < 4.78 is 0. The average molecular weight is 260 g/mol. The molecule has 3 heteroatoms. The van der Waals surface area contributed by atoms with Crippen molar-refractivity contribution >= 4 is 28.8 Å². The van der Waals surface area contributed by atoms with Gasteiger partial charge in [0.25, 0.3) is 0 Å². The zero-order valence-electron chi connectivity index (χ0n) is 10.1. The molecule has 1 N–H and O–H groups in total. The van der Waals surface area contributed by atoms with Crippen molar-refractivity contribution in [1.82, 2.24) is 0 Å². The maximum Gasteiger partial charge on any atom is 0.179 e. The second kappa shape index (κ2) is 5.69. The zero-order chi connectivity index (χ0) is 13.0. The molecule has 0 radical (unpaired) electrons. The first-order valence-corrected chi connectivity index (χ1v) is 6.26. The number of carbonyl (C=O) groups is 1. The van der Waals surface area contributed by atoms with E-state index in [1.54, 1.807) is 6.07 Å². The van der Waals surface area contributed by atoms with Gasteiger partial charge in [0.2, 0.25) is 0 Å². The molecule has 0 fully saturated rings. The standard InChI is InChI=1S/C15H14ClNO/c1-11-5-4-6-12(9-11)17-14-8-3-2-7-13(14)15(18)10-16/h2-9,17H,10H2,1H3. The summed E-state index contributed by atoms with van der Waals surface area (Å²) in [6.07, 6.45) is 0. The van der Waals surface area contributed by atoms with Crippen LogP contribution in [0.15, 0.2) is 48.5 Å². The number of Topliss-reactive ketones (excluding diaryl/α,β-unsaturated/α-hetero) is 1. The first kappa shape index (κ1) is 12.7. The Bertz CT molecular complexity index is 566. The fraction of sp³-hybridized carbons (Fsp3) is 0.133. The van der Waals surface area contributed by atoms with Crippen molar-refractivity contribution in [2.75, 3.05) is 11.2 Å². The Morgan fingerprint density at radius 3 is 2.67 bits per heavy atom. The number of alkyl halides is 1. The van der Waals surface area contributed by atoms with Crippen LogP contribution in [0.1, 0.15) is 15.9 Å². The smallest absolute Gasteiger partial charge is 0.179 e. The van der Waals surface area contributed by atoms with Crippen LogP contribution in [-0.2, 0) is 0 Å². The monoisotopic (exact) mass is 259 g/mol. The third-order valence-electron chi connectivity index (χ3n) is 2.65. The maximum atomic E-state index is 11.7. The molecule has 0 aliphatic heterocycles. The average Bonchev–Trinajstić information content (AvgIpc) is 2.38. The lowest BCUT2D eigenvalue weighted by Gasteiger charge is -2.11. The number of rotatable bonds is 4. The second-order valence-electron chi connectivity index (χ2n) is 4.10. The molecular formula is C15H14ClNO. The predicted molar refractivity (Wildman–Crippen MR) is 76.0 cm³/mol. The van der Waals surface area contributed by atoms with Crippen molar-refractivity contribution in [2.45, 2.75) is 6.92 Å². The Morgan fingerprint density at radius 2 is 1.94 bits per heavy atom. The molecule has 2 aromatic rings. The molecule has 92 valence electrons. The van der Waals surface area contributed by atoms with Crippen LogP contribution in [0.25, 0.3) is 0 Å². The Balaban J connectivity index is 2.32. The van der Waals surface area contributed by atoms with E-state index in [4.69, 9.17) is 11.6 Å². The van der Waals surface area contributed by atoms with Crippen LogP contribution in [0, 0.1) is 6.92 Å². The first-order valence-electron chi connectivity index (χ1n) is 5.72. The van der Waals surface area contributed by atoms with E-state index in [9.17, 15) is 4.79 Å². The number of hydrogen-bond acceptors (Lipinski definition) is 2. The van der Waals surface area contributed by atoms with E-state index in [0.29, 0.717) is 5.56 Å². The topological polar surface area (TPSA) is 29.1 Å². The summed E-state index contributed by atoms with van der Waals surface area (Å²) in [5.41, 5.74) is 3.54. The summed E-state index contributed by atoms with van der Waals surface area (Å²) >= 11 is 5.61. The molecule has 18 heavy (non-hydrogen) atoms. The minimum atomic E-state index is -0.0765. The van der Waals surface area contributed by atoms with Gasteiger partial charge in [0, 0.05) is 16.9 Å². The molecule has 0 aliphatic rings. The minimum absolute atomic E-state index is 0.00743. The van der Waals surface area contributed by atoms with Crippen molar-refractivity contribution in [1.29, 1.82) is 0 Å². The Morgan fingerprint density at radius 1 is 1.17 bits per heavy atom. The van der Waals surface area contributed by atoms with Gasteiger partial charge in [0.05, 0.1) is 5.88 Å². The molecule has 0 unspecified atom stereocenters. The van der Waals surface area contributed by atoms with Crippen LogP contribution >= 0.6 is 11.6 Å². The van der Waals surface area contributed by atoms with Gasteiger partial charge >= 0.3 is 0 Å². The molecule has 2 nitrogen and oxygen atoms in total. The van der Waals surface area contributed by atoms with Crippen molar-refractivity contribution in [3.63, 3.8) is 0 Å². The zero-order valence-corrected chi connectivity index (χ0v) is 10.9. The lowest BCUT2D eigenvalue weighted by atomic mass is 10.1. The molecule has 0 amide bonds. The number of carbonyl (C=O) groups excluding carboxylic acids is 1. The highest BCUT2D eigenvalue weighted by Crippen LogP contribution is 2.22. The van der Waals surface area contributed by atoms with Gasteiger partial charge in [-0.1, -0.05) is 24.3 Å². The normalized spacial score (nSPS) is 10.1. The highest BCUT2D eigenvalue weighted by atomic mass is 35.5. The molecule has 0 atom stereocenters. The van der Waals surface area contributed by atoms with Crippen molar-refractivity contribution in [3.05, 3.63) is 59.7 Å². The number of benzene rings is 2. The van der Waals surface area contributed by atoms with Gasteiger partial charge in [0.1, 0.15) is 0 Å². The van der Waals surface area contributed by atoms with Crippen molar-refractivity contribution in [3.8, 4) is 0 Å². The molecule has 2 aromatic carbocycles. The van der Waals surface area contributed by atoms with Crippen LogP contribution in [0.4, 0.5) is 11.4 Å². The fourth-order valence-electron chi connectivity index (χ4n) is 1.79. The highest BCUT2D eigenvalue weighted by molar-refractivity contribution is 6.31. The molecule has 0 heterocycles. The number of aryl methyl sites for hydroxylation is 1. The lowest BCUT2D eigenvalue weighted by molar-refractivity contribution is 0.102. The predicted octanol–water partition coefficient (Wildman–Crippen LogP) is 4.16. The summed E-state index contributed by atoms with van der Waals surface area (Å²) in [4.78, 5) is 11.7. The summed E-state index contributed by atoms with van der Waals surface area (Å²) in [6.45, 7) is 2.03. The number of halogens is 1. The van der Waals surface area contributed by atoms with E-state index in [2.05, 4.69) is 5.32 Å². The summed E-state index contributed by atoms with van der Waals surface area (Å²) in [5, 5.41) is 3.25. The minimum Gasteiger partial charge on any atom is -0.355 e. The van der Waals surface area contributed by atoms with Gasteiger partial charge in [-0.25, -0.2) is 0 Å². The van der Waals surface area contributed by atoms with E-state index in [-0.39, 0.29) is 11.7 Å². The van der Waals surface area contributed by atoms with Gasteiger partial charge < -0.3 is 5.32 Å². The molecule has 0 aromatic heterocycles. The molecular weight excluding hydrogens is 246 g/mol. The Hall–Kier alpha value is -1.80. The van der Waals surface area contributed by atoms with Crippen LogP contribution in [0.2, 0.25) is 0 Å². The Labute approximate surface area is 112 Å². The van der Waals surface area contributed by atoms with E-state index < -0.39 is 0 Å². The number of ketones is 1. The van der Waals surface area contributed by atoms with Crippen LogP contribution < -0.4 is 5.32 Å². The SMILES string of the molecule is Cc1cccc(Nc2ccccc2C(=O)CCl)c1. The summed E-state index contributed by atoms with van der Waals surface area (Å²) in [6, 6.07) is 15.4. The molecule has 2 rings (SSSR count). The van der Waals surface area contributed by atoms with E-state index >= 15 is 0 Å². The van der Waals surface area contributed by atoms with Gasteiger partial charge in [-0.15, -0.1) is 11.6 Å². The Kier molecular flexibility index (Phi) is 4.00. The van der Waals surface area contributed by atoms with Crippen LogP contribution in [0.3, 0.4) is 0 Å². The molecule has 0 saturated carbocycles. The largest absolute Gasteiger partial charge is 0.355 e. The summed E-state index contributed by atoms with van der Waals surface area (Å²) in [7, 11) is 0. The number of anilines is 2. The van der Waals surface area contributed by atoms with E-state index in [1.165, 1.54) is 5.56 Å². The molecule has 0 aliphatic carbocycles. The molecule has 0 bridgehead atoms. The summed E-state index contributed by atoms with van der Waals surface area (Å²) in [5.74, 6) is -0.0839. The number of para-hydroxylation sites is 1. The number of nitrogens with one attached hydrogen (secondary N) is 1. The van der Waals surface area contributed by atoms with Gasteiger partial charge in [-0.3, -0.25) is 4.79 Å². The van der Waals surface area contributed by atoms with Crippen LogP contribution in [-0.4, -0.2) is 11.7 Å². The van der Waals surface area contributed by atoms with Gasteiger partial charge in [-0.2, -0.15) is 0 Å². The third-order valence-corrected chi connectivity index (χ3v) is 2.89. The fourth-order valence-corrected chi connectivity index (χ4v) is 1.93. The maximum absolute atomic E-state index is 11.7. The van der Waals surface area contributed by atoms with Crippen molar-refractivity contribution in [2.24, 2.45) is 0 Å². The third kappa shape index (κ3) is 2.90. The van der Waals surface area contributed by atoms with Gasteiger partial charge in [0.15, 0.2) is 5.78 Å². The lowest BCUT2D eigenvalue weighted by Crippen LogP contribution is -2.04. The molecule has 0 spiro atoms. The van der Waals surface area contributed by atoms with E-state index in [1.807, 2.05) is 49.4 Å². The van der Waals surface area contributed by atoms with Crippen molar-refractivity contribution < 1.29 is 4.79 Å². The second-order valence-corrected chi connectivity index (χ2v) is 4.36. The number of hydrogen-bond donors (Lipinski definition) is 1. The van der Waals surface area contributed by atoms with Gasteiger partial charge in [-0.05, 0) is 36.8 Å². The highest BCUT2D eigenvalue weighted by Gasteiger charge is 2.09. The van der Waals surface area contributed by atoms with E-state index in [0.717, 1.165) is 11.4 Å².